The highest BCUT2D eigenvalue weighted by Gasteiger charge is 2.13. The van der Waals surface area contributed by atoms with Crippen LogP contribution in [-0.2, 0) is 18.3 Å². The summed E-state index contributed by atoms with van der Waals surface area (Å²) in [5, 5.41) is 0. The first-order chi connectivity index (χ1) is 14.3. The van der Waals surface area contributed by atoms with Gasteiger partial charge in [-0.25, -0.2) is 0 Å². The van der Waals surface area contributed by atoms with E-state index in [9.17, 15) is 9.46 Å². The van der Waals surface area contributed by atoms with Crippen molar-refractivity contribution < 1.29 is 27.7 Å². The summed E-state index contributed by atoms with van der Waals surface area (Å²) in [6.07, 6.45) is 19.7. The van der Waals surface area contributed by atoms with Gasteiger partial charge >= 0.3 is 0 Å². The number of unbranched alkanes of at least 4 members (excludes halogenated alkanes) is 10. The molecule has 0 amide bonds. The summed E-state index contributed by atoms with van der Waals surface area (Å²) in [5.74, 6) is 0. The number of likely N-dealkylation sites (N-methyl/N-ethyl adjacent to an activating group) is 1. The van der Waals surface area contributed by atoms with Crippen LogP contribution >= 0.6 is 7.82 Å². The molecular weight excluding hydrogens is 401 g/mol. The standard InChI is InChI=1S/C23H48NO5P/c1-5-6-7-8-9-10-11-12-13-14-15-16-17-18-20-27-22-23-29-30(25,26)28-21-19-24(2,3)4/h10-11H,5-9,12-23H2,1-4H3/b11-10-. The predicted octanol–water partition coefficient (Wildman–Crippen LogP) is 5.47. The van der Waals surface area contributed by atoms with E-state index >= 15 is 0 Å². The molecule has 0 N–H and O–H groups in total. The van der Waals surface area contributed by atoms with Crippen LogP contribution in [0.3, 0.4) is 0 Å². The molecule has 0 aliphatic carbocycles. The van der Waals surface area contributed by atoms with E-state index < -0.39 is 7.82 Å². The molecule has 0 aromatic heterocycles. The quantitative estimate of drug-likeness (QED) is 0.0949. The maximum atomic E-state index is 11.6. The molecule has 0 aliphatic heterocycles. The lowest BCUT2D eigenvalue weighted by atomic mass is 10.1. The zero-order valence-corrected chi connectivity index (χ0v) is 21.0. The van der Waals surface area contributed by atoms with Crippen molar-refractivity contribution in [1.82, 2.24) is 0 Å². The third-order valence-electron chi connectivity index (χ3n) is 4.79. The molecule has 0 aliphatic rings. The van der Waals surface area contributed by atoms with E-state index in [1.54, 1.807) is 0 Å². The molecule has 0 rings (SSSR count). The predicted molar refractivity (Wildman–Crippen MR) is 123 cm³/mol. The largest absolute Gasteiger partial charge is 0.756 e. The number of phosphoric acid groups is 1. The number of phosphoric ester groups is 1. The van der Waals surface area contributed by atoms with Gasteiger partial charge in [-0.2, -0.15) is 0 Å². The van der Waals surface area contributed by atoms with Crippen LogP contribution in [0.25, 0.3) is 0 Å². The van der Waals surface area contributed by atoms with E-state index in [0.717, 1.165) is 12.8 Å². The average molecular weight is 450 g/mol. The summed E-state index contributed by atoms with van der Waals surface area (Å²) < 4.78 is 27.3. The molecule has 0 fully saturated rings. The molecule has 0 aromatic rings. The van der Waals surface area contributed by atoms with Gasteiger partial charge in [-0.1, -0.05) is 64.0 Å². The van der Waals surface area contributed by atoms with E-state index in [1.807, 2.05) is 21.1 Å². The summed E-state index contributed by atoms with van der Waals surface area (Å²) in [6, 6.07) is 0. The minimum absolute atomic E-state index is 0.0112. The van der Waals surface area contributed by atoms with E-state index in [0.29, 0.717) is 17.6 Å². The Balaban J connectivity index is 3.33. The van der Waals surface area contributed by atoms with Gasteiger partial charge in [0.2, 0.25) is 0 Å². The van der Waals surface area contributed by atoms with Crippen molar-refractivity contribution >= 4 is 7.82 Å². The van der Waals surface area contributed by atoms with Crippen molar-refractivity contribution in [2.45, 2.75) is 84.0 Å². The van der Waals surface area contributed by atoms with Crippen molar-refractivity contribution in [2.75, 3.05) is 54.1 Å². The average Bonchev–Trinajstić information content (AvgIpc) is 2.65. The number of ether oxygens (including phenoxy) is 1. The Kier molecular flexibility index (Phi) is 19.3. The minimum Gasteiger partial charge on any atom is -0.756 e. The van der Waals surface area contributed by atoms with Gasteiger partial charge in [0, 0.05) is 6.61 Å². The second-order valence-corrected chi connectivity index (χ2v) is 10.4. The Morgan fingerprint density at radius 3 is 1.87 bits per heavy atom. The van der Waals surface area contributed by atoms with E-state index in [2.05, 4.69) is 19.1 Å². The molecule has 0 saturated carbocycles. The Morgan fingerprint density at radius 1 is 0.733 bits per heavy atom. The number of nitrogens with zero attached hydrogens (tertiary/aromatic N) is 1. The van der Waals surface area contributed by atoms with E-state index in [-0.39, 0.29) is 19.8 Å². The van der Waals surface area contributed by atoms with Crippen molar-refractivity contribution in [1.29, 1.82) is 0 Å². The Hall–Kier alpha value is -0.230. The molecule has 0 heterocycles. The summed E-state index contributed by atoms with van der Waals surface area (Å²) in [6.45, 7) is 3.91. The van der Waals surface area contributed by atoms with Gasteiger partial charge in [0.05, 0.1) is 34.4 Å². The normalized spacial score (nSPS) is 14.4. The molecular formula is C23H48NO5P. The third kappa shape index (κ3) is 24.0. The minimum atomic E-state index is -4.21. The molecule has 0 aromatic carbocycles. The molecule has 1 atom stereocenters. The summed E-state index contributed by atoms with van der Waals surface area (Å²) in [5.41, 5.74) is 0. The van der Waals surface area contributed by atoms with Crippen LogP contribution in [0.2, 0.25) is 0 Å². The highest BCUT2D eigenvalue weighted by atomic mass is 31.2. The van der Waals surface area contributed by atoms with Crippen LogP contribution in [0.15, 0.2) is 12.2 Å². The number of hydrogen-bond donors (Lipinski definition) is 0. The molecule has 30 heavy (non-hydrogen) atoms. The van der Waals surface area contributed by atoms with Gasteiger partial charge in [-0.3, -0.25) is 4.57 Å². The molecule has 0 saturated heterocycles. The van der Waals surface area contributed by atoms with Crippen LogP contribution < -0.4 is 4.89 Å². The van der Waals surface area contributed by atoms with Crippen molar-refractivity contribution in [3.05, 3.63) is 12.2 Å². The Bertz CT molecular complexity index is 451. The smallest absolute Gasteiger partial charge is 0.268 e. The number of allylic oxidation sites excluding steroid dienone is 2. The number of quaternary nitrogens is 1. The summed E-state index contributed by atoms with van der Waals surface area (Å²) in [7, 11) is 1.71. The zero-order chi connectivity index (χ0) is 22.6. The SMILES string of the molecule is CCCCCC/C=C\CCCCCCCCOCCOP(=O)([O-])OCC[N+](C)(C)C. The fourth-order valence-electron chi connectivity index (χ4n) is 2.87. The lowest BCUT2D eigenvalue weighted by Gasteiger charge is -2.27. The summed E-state index contributed by atoms with van der Waals surface area (Å²) in [4.78, 5) is 11.6. The Labute approximate surface area is 186 Å². The molecule has 1 unspecified atom stereocenters. The van der Waals surface area contributed by atoms with Gasteiger partial charge in [-0.15, -0.1) is 0 Å². The highest BCUT2D eigenvalue weighted by Crippen LogP contribution is 2.37. The number of rotatable bonds is 22. The van der Waals surface area contributed by atoms with Gasteiger partial charge in [0.15, 0.2) is 0 Å². The number of hydrogen-bond acceptors (Lipinski definition) is 5. The van der Waals surface area contributed by atoms with Crippen LogP contribution in [0.5, 0.6) is 0 Å². The fraction of sp³-hybridized carbons (Fsp3) is 0.913. The maximum Gasteiger partial charge on any atom is 0.268 e. The van der Waals surface area contributed by atoms with Gasteiger partial charge in [0.1, 0.15) is 13.2 Å². The van der Waals surface area contributed by atoms with Gasteiger partial charge < -0.3 is 23.2 Å². The first-order valence-corrected chi connectivity index (χ1v) is 13.4. The molecule has 0 radical (unpaired) electrons. The topological polar surface area (TPSA) is 67.8 Å². The molecule has 0 spiro atoms. The lowest BCUT2D eigenvalue weighted by Crippen LogP contribution is -2.37. The van der Waals surface area contributed by atoms with Crippen LogP contribution in [0, 0.1) is 0 Å². The highest BCUT2D eigenvalue weighted by molar-refractivity contribution is 7.45. The van der Waals surface area contributed by atoms with E-state index in [4.69, 9.17) is 13.8 Å². The summed E-state index contributed by atoms with van der Waals surface area (Å²) >= 11 is 0. The van der Waals surface area contributed by atoms with Gasteiger partial charge in [-0.05, 0) is 32.1 Å². The van der Waals surface area contributed by atoms with Crippen LogP contribution in [0.1, 0.15) is 84.0 Å². The fourth-order valence-corrected chi connectivity index (χ4v) is 3.55. The first kappa shape index (κ1) is 29.8. The first-order valence-electron chi connectivity index (χ1n) is 11.9. The molecule has 6 nitrogen and oxygen atoms in total. The van der Waals surface area contributed by atoms with Crippen LogP contribution in [-0.4, -0.2) is 58.6 Å². The van der Waals surface area contributed by atoms with Crippen molar-refractivity contribution in [3.63, 3.8) is 0 Å². The van der Waals surface area contributed by atoms with Gasteiger partial charge in [0.25, 0.3) is 7.82 Å². The zero-order valence-electron chi connectivity index (χ0n) is 20.1. The third-order valence-corrected chi connectivity index (χ3v) is 5.79. The Morgan fingerprint density at radius 2 is 1.27 bits per heavy atom. The maximum absolute atomic E-state index is 11.6. The second-order valence-electron chi connectivity index (χ2n) is 8.97. The monoisotopic (exact) mass is 449 g/mol. The second kappa shape index (κ2) is 19.5. The molecule has 7 heteroatoms. The molecule has 0 bridgehead atoms. The van der Waals surface area contributed by atoms with Crippen LogP contribution in [0.4, 0.5) is 0 Å². The van der Waals surface area contributed by atoms with Crippen molar-refractivity contribution in [2.24, 2.45) is 0 Å². The lowest BCUT2D eigenvalue weighted by molar-refractivity contribution is -0.870. The van der Waals surface area contributed by atoms with E-state index in [1.165, 1.54) is 64.2 Å². The van der Waals surface area contributed by atoms with Crippen molar-refractivity contribution in [3.8, 4) is 0 Å². The molecule has 180 valence electrons.